The zero-order chi connectivity index (χ0) is 24.1. The SMILES string of the molecule is O=C(Oc1ccc(C(=O)c2ccccc2)c(OC(=O)c2ccc(Br)cc2)c1)c1cccc(Br)c1. The second kappa shape index (κ2) is 10.6. The predicted octanol–water partition coefficient (Wildman–Crippen LogP) is 6.88. The van der Waals surface area contributed by atoms with Gasteiger partial charge >= 0.3 is 11.9 Å². The molecule has 0 aliphatic heterocycles. The van der Waals surface area contributed by atoms with Crippen molar-refractivity contribution in [1.29, 1.82) is 0 Å². The van der Waals surface area contributed by atoms with Gasteiger partial charge in [0.2, 0.25) is 0 Å². The Kier molecular flexibility index (Phi) is 7.35. The first-order valence-electron chi connectivity index (χ1n) is 10.1. The third kappa shape index (κ3) is 5.68. The highest BCUT2D eigenvalue weighted by Gasteiger charge is 2.20. The molecule has 7 heteroatoms. The van der Waals surface area contributed by atoms with Crippen LogP contribution in [-0.4, -0.2) is 17.7 Å². The second-order valence-electron chi connectivity index (χ2n) is 7.15. The molecule has 4 aromatic rings. The molecule has 4 rings (SSSR count). The van der Waals surface area contributed by atoms with Crippen LogP contribution in [0.5, 0.6) is 11.5 Å². The van der Waals surface area contributed by atoms with Crippen molar-refractivity contribution in [2.75, 3.05) is 0 Å². The van der Waals surface area contributed by atoms with E-state index in [1.54, 1.807) is 78.9 Å². The Morgan fingerprint density at radius 3 is 1.94 bits per heavy atom. The van der Waals surface area contributed by atoms with Gasteiger partial charge in [-0.15, -0.1) is 0 Å². The maximum Gasteiger partial charge on any atom is 0.343 e. The summed E-state index contributed by atoms with van der Waals surface area (Å²) in [5, 5.41) is 0. The Morgan fingerprint density at radius 2 is 1.24 bits per heavy atom. The van der Waals surface area contributed by atoms with Gasteiger partial charge in [-0.05, 0) is 54.6 Å². The van der Waals surface area contributed by atoms with Gasteiger partial charge in [-0.3, -0.25) is 4.79 Å². The molecule has 0 bridgehead atoms. The van der Waals surface area contributed by atoms with E-state index in [0.717, 1.165) is 8.95 Å². The fourth-order valence-electron chi connectivity index (χ4n) is 3.11. The molecule has 0 N–H and O–H groups in total. The predicted molar refractivity (Wildman–Crippen MR) is 135 cm³/mol. The number of carbonyl (C=O) groups excluding carboxylic acids is 3. The van der Waals surface area contributed by atoms with Crippen molar-refractivity contribution in [3.63, 3.8) is 0 Å². The lowest BCUT2D eigenvalue weighted by atomic mass is 10.0. The smallest absolute Gasteiger partial charge is 0.343 e. The first-order chi connectivity index (χ1) is 16.4. The van der Waals surface area contributed by atoms with Crippen LogP contribution in [0.25, 0.3) is 0 Å². The maximum atomic E-state index is 13.1. The van der Waals surface area contributed by atoms with Gasteiger partial charge in [0.1, 0.15) is 11.5 Å². The first-order valence-corrected chi connectivity index (χ1v) is 11.7. The highest BCUT2D eigenvalue weighted by Crippen LogP contribution is 2.29. The van der Waals surface area contributed by atoms with E-state index in [0.29, 0.717) is 16.7 Å². The molecular formula is C27H16Br2O5. The molecule has 0 amide bonds. The molecule has 0 atom stereocenters. The van der Waals surface area contributed by atoms with E-state index in [4.69, 9.17) is 9.47 Å². The maximum absolute atomic E-state index is 13.1. The van der Waals surface area contributed by atoms with Crippen molar-refractivity contribution in [3.05, 3.63) is 128 Å². The van der Waals surface area contributed by atoms with Gasteiger partial charge in [0.15, 0.2) is 5.78 Å². The summed E-state index contributed by atoms with van der Waals surface area (Å²) in [7, 11) is 0. The largest absolute Gasteiger partial charge is 0.423 e. The Balaban J connectivity index is 1.67. The standard InChI is InChI=1S/C27H16Br2O5/c28-20-11-9-18(10-12-20)26(31)34-24-16-22(33-27(32)19-7-4-8-21(29)15-19)13-14-23(24)25(30)17-5-2-1-3-6-17/h1-16H. The fraction of sp³-hybridized carbons (Fsp3) is 0. The van der Waals surface area contributed by atoms with Crippen molar-refractivity contribution < 1.29 is 23.9 Å². The summed E-state index contributed by atoms with van der Waals surface area (Å²) < 4.78 is 12.6. The molecule has 0 radical (unpaired) electrons. The summed E-state index contributed by atoms with van der Waals surface area (Å²) in [6, 6.07) is 26.3. The van der Waals surface area contributed by atoms with Crippen LogP contribution in [0.2, 0.25) is 0 Å². The normalized spacial score (nSPS) is 10.4. The Bertz CT molecular complexity index is 1370. The molecule has 0 saturated heterocycles. The van der Waals surface area contributed by atoms with Gasteiger partial charge < -0.3 is 9.47 Å². The molecule has 34 heavy (non-hydrogen) atoms. The number of carbonyl (C=O) groups is 3. The highest BCUT2D eigenvalue weighted by molar-refractivity contribution is 9.10. The van der Waals surface area contributed by atoms with Gasteiger partial charge in [-0.2, -0.15) is 0 Å². The number of ether oxygens (including phenoxy) is 2. The van der Waals surface area contributed by atoms with E-state index in [2.05, 4.69) is 31.9 Å². The zero-order valence-electron chi connectivity index (χ0n) is 17.5. The summed E-state index contributed by atoms with van der Waals surface area (Å²) in [5.74, 6) is -1.45. The lowest BCUT2D eigenvalue weighted by Gasteiger charge is -2.12. The van der Waals surface area contributed by atoms with Gasteiger partial charge in [0.25, 0.3) is 0 Å². The number of rotatable bonds is 6. The fourth-order valence-corrected chi connectivity index (χ4v) is 3.77. The molecule has 0 fully saturated rings. The van der Waals surface area contributed by atoms with Gasteiger partial charge in [0.05, 0.1) is 16.7 Å². The number of ketones is 1. The van der Waals surface area contributed by atoms with E-state index in [9.17, 15) is 14.4 Å². The van der Waals surface area contributed by atoms with Crippen LogP contribution in [0.15, 0.2) is 106 Å². The Hall–Kier alpha value is -3.55. The highest BCUT2D eigenvalue weighted by atomic mass is 79.9. The molecular weight excluding hydrogens is 564 g/mol. The van der Waals surface area contributed by atoms with Crippen molar-refractivity contribution in [3.8, 4) is 11.5 Å². The summed E-state index contributed by atoms with van der Waals surface area (Å²) in [4.78, 5) is 38.5. The van der Waals surface area contributed by atoms with E-state index >= 15 is 0 Å². The number of hydrogen-bond acceptors (Lipinski definition) is 5. The van der Waals surface area contributed by atoms with Gasteiger partial charge in [-0.1, -0.05) is 68.3 Å². The molecule has 5 nitrogen and oxygen atoms in total. The van der Waals surface area contributed by atoms with Crippen molar-refractivity contribution in [2.45, 2.75) is 0 Å². The topological polar surface area (TPSA) is 69.7 Å². The summed E-state index contributed by atoms with van der Waals surface area (Å²) in [5.41, 5.74) is 1.24. The lowest BCUT2D eigenvalue weighted by molar-refractivity contribution is 0.0732. The van der Waals surface area contributed by atoms with Crippen molar-refractivity contribution >= 4 is 49.6 Å². The van der Waals surface area contributed by atoms with E-state index in [1.165, 1.54) is 18.2 Å². The van der Waals surface area contributed by atoms with Gasteiger partial charge in [0, 0.05) is 20.6 Å². The summed E-state index contributed by atoms with van der Waals surface area (Å²) in [6.45, 7) is 0. The third-order valence-electron chi connectivity index (χ3n) is 4.79. The van der Waals surface area contributed by atoms with Crippen LogP contribution in [0.1, 0.15) is 36.6 Å². The minimum atomic E-state index is -0.648. The second-order valence-corrected chi connectivity index (χ2v) is 8.98. The van der Waals surface area contributed by atoms with E-state index in [-0.39, 0.29) is 22.8 Å². The van der Waals surface area contributed by atoms with Gasteiger partial charge in [-0.25, -0.2) is 9.59 Å². The van der Waals surface area contributed by atoms with Crippen LogP contribution in [0.3, 0.4) is 0 Å². The molecule has 0 aromatic heterocycles. The molecule has 0 unspecified atom stereocenters. The summed E-state index contributed by atoms with van der Waals surface area (Å²) in [6.07, 6.45) is 0. The number of esters is 2. The monoisotopic (exact) mass is 578 g/mol. The minimum absolute atomic E-state index is 0.0127. The Morgan fingerprint density at radius 1 is 0.559 bits per heavy atom. The molecule has 0 spiro atoms. The van der Waals surface area contributed by atoms with E-state index < -0.39 is 11.9 Å². The van der Waals surface area contributed by atoms with E-state index in [1.807, 2.05) is 0 Å². The quantitative estimate of drug-likeness (QED) is 0.141. The average molecular weight is 580 g/mol. The molecule has 0 saturated carbocycles. The molecule has 0 heterocycles. The van der Waals surface area contributed by atoms with Crippen LogP contribution in [-0.2, 0) is 0 Å². The number of benzene rings is 4. The first kappa shape index (κ1) is 23.6. The molecule has 4 aromatic carbocycles. The molecule has 168 valence electrons. The third-order valence-corrected chi connectivity index (χ3v) is 5.81. The van der Waals surface area contributed by atoms with Crippen molar-refractivity contribution in [2.24, 2.45) is 0 Å². The Labute approximate surface area is 212 Å². The van der Waals surface area contributed by atoms with Crippen molar-refractivity contribution in [1.82, 2.24) is 0 Å². The minimum Gasteiger partial charge on any atom is -0.423 e. The van der Waals surface area contributed by atoms with Crippen LogP contribution < -0.4 is 9.47 Å². The molecule has 0 aliphatic carbocycles. The number of hydrogen-bond donors (Lipinski definition) is 0. The average Bonchev–Trinajstić information content (AvgIpc) is 2.85. The van der Waals surface area contributed by atoms with Crippen LogP contribution in [0.4, 0.5) is 0 Å². The van der Waals surface area contributed by atoms with Crippen LogP contribution in [0, 0.1) is 0 Å². The van der Waals surface area contributed by atoms with Crippen LogP contribution >= 0.6 is 31.9 Å². The zero-order valence-corrected chi connectivity index (χ0v) is 20.7. The molecule has 0 aliphatic rings. The summed E-state index contributed by atoms with van der Waals surface area (Å²) >= 11 is 6.65. The lowest BCUT2D eigenvalue weighted by Crippen LogP contribution is -2.13. The number of halogens is 2.